The lowest BCUT2D eigenvalue weighted by atomic mass is 9.84. The van der Waals surface area contributed by atoms with Gasteiger partial charge in [0.15, 0.2) is 11.5 Å². The average molecular weight is 423 g/mol. The SMILES string of the molecule is COCCCOc1cc(C[C@H](CC[C@H](O)[C@@H](N)N2CCCC2)C(C)C)ccc1OC. The maximum absolute atomic E-state index is 10.6. The van der Waals surface area contributed by atoms with Crippen molar-refractivity contribution < 1.29 is 19.3 Å². The zero-order chi connectivity index (χ0) is 21.9. The molecular formula is C24H42N2O4. The van der Waals surface area contributed by atoms with Crippen LogP contribution in [0.15, 0.2) is 18.2 Å². The van der Waals surface area contributed by atoms with Crippen LogP contribution in [0.1, 0.15) is 51.5 Å². The van der Waals surface area contributed by atoms with Crippen molar-refractivity contribution in [2.45, 2.75) is 64.6 Å². The Balaban J connectivity index is 1.94. The molecule has 0 saturated carbocycles. The Hall–Kier alpha value is -1.34. The predicted molar refractivity (Wildman–Crippen MR) is 121 cm³/mol. The van der Waals surface area contributed by atoms with Gasteiger partial charge in [-0.15, -0.1) is 0 Å². The third kappa shape index (κ3) is 7.73. The fourth-order valence-corrected chi connectivity index (χ4v) is 4.16. The number of aliphatic hydroxyl groups is 1. The van der Waals surface area contributed by atoms with Crippen LogP contribution in [0, 0.1) is 11.8 Å². The first kappa shape index (κ1) is 24.9. The first-order chi connectivity index (χ1) is 14.5. The molecule has 172 valence electrons. The second kappa shape index (κ2) is 13.2. The summed E-state index contributed by atoms with van der Waals surface area (Å²) in [5, 5.41) is 10.6. The van der Waals surface area contributed by atoms with Crippen LogP contribution in [0.2, 0.25) is 0 Å². The smallest absolute Gasteiger partial charge is 0.161 e. The summed E-state index contributed by atoms with van der Waals surface area (Å²) in [6, 6.07) is 6.19. The topological polar surface area (TPSA) is 77.2 Å². The van der Waals surface area contributed by atoms with E-state index in [2.05, 4.69) is 30.9 Å². The van der Waals surface area contributed by atoms with Gasteiger partial charge in [-0.1, -0.05) is 19.9 Å². The first-order valence-electron chi connectivity index (χ1n) is 11.4. The summed E-state index contributed by atoms with van der Waals surface area (Å²) in [6.45, 7) is 7.79. The molecule has 0 spiro atoms. The van der Waals surface area contributed by atoms with E-state index < -0.39 is 6.10 Å². The van der Waals surface area contributed by atoms with E-state index >= 15 is 0 Å². The lowest BCUT2D eigenvalue weighted by Crippen LogP contribution is -2.48. The molecule has 1 saturated heterocycles. The summed E-state index contributed by atoms with van der Waals surface area (Å²) in [5.41, 5.74) is 7.52. The molecule has 1 aliphatic heterocycles. The lowest BCUT2D eigenvalue weighted by molar-refractivity contribution is 0.0523. The number of hydrogen-bond donors (Lipinski definition) is 2. The van der Waals surface area contributed by atoms with Crippen molar-refractivity contribution >= 4 is 0 Å². The second-order valence-corrected chi connectivity index (χ2v) is 8.77. The molecule has 0 unspecified atom stereocenters. The molecule has 0 bridgehead atoms. The van der Waals surface area contributed by atoms with E-state index in [9.17, 15) is 5.11 Å². The van der Waals surface area contributed by atoms with Gasteiger partial charge in [0.1, 0.15) is 0 Å². The van der Waals surface area contributed by atoms with Gasteiger partial charge in [0.25, 0.3) is 0 Å². The van der Waals surface area contributed by atoms with Gasteiger partial charge in [-0.05, 0) is 74.7 Å². The molecular weight excluding hydrogens is 380 g/mol. The number of benzene rings is 1. The highest BCUT2D eigenvalue weighted by atomic mass is 16.5. The molecule has 0 radical (unpaired) electrons. The van der Waals surface area contributed by atoms with Gasteiger partial charge in [0, 0.05) is 20.1 Å². The fourth-order valence-electron chi connectivity index (χ4n) is 4.16. The van der Waals surface area contributed by atoms with Crippen molar-refractivity contribution in [3.8, 4) is 11.5 Å². The van der Waals surface area contributed by atoms with Gasteiger partial charge in [-0.25, -0.2) is 0 Å². The molecule has 1 aromatic carbocycles. The first-order valence-corrected chi connectivity index (χ1v) is 11.4. The Morgan fingerprint density at radius 1 is 1.07 bits per heavy atom. The van der Waals surface area contributed by atoms with Crippen LogP contribution in [0.5, 0.6) is 11.5 Å². The lowest BCUT2D eigenvalue weighted by Gasteiger charge is -2.30. The van der Waals surface area contributed by atoms with Gasteiger partial charge in [-0.3, -0.25) is 4.90 Å². The quantitative estimate of drug-likeness (QED) is 0.447. The highest BCUT2D eigenvalue weighted by molar-refractivity contribution is 5.43. The number of rotatable bonds is 14. The molecule has 1 heterocycles. The average Bonchev–Trinajstić information content (AvgIpc) is 3.28. The molecule has 1 aromatic rings. The Morgan fingerprint density at radius 3 is 2.43 bits per heavy atom. The van der Waals surface area contributed by atoms with Gasteiger partial charge in [0.2, 0.25) is 0 Å². The van der Waals surface area contributed by atoms with Crippen molar-refractivity contribution in [3.05, 3.63) is 23.8 Å². The van der Waals surface area contributed by atoms with Crippen LogP contribution < -0.4 is 15.2 Å². The summed E-state index contributed by atoms with van der Waals surface area (Å²) in [7, 11) is 3.36. The molecule has 1 aliphatic rings. The molecule has 0 aliphatic carbocycles. The Morgan fingerprint density at radius 2 is 1.80 bits per heavy atom. The number of methoxy groups -OCH3 is 2. The maximum atomic E-state index is 10.6. The standard InChI is InChI=1S/C24H42N2O4/c1-18(2)20(9-10-21(27)24(25)26-12-5-6-13-26)16-19-8-11-22(29-4)23(17-19)30-15-7-14-28-3/h8,11,17-18,20-21,24,27H,5-7,9-10,12-16,25H2,1-4H3/t20-,21-,24-/m0/s1. The molecule has 3 N–H and O–H groups in total. The van der Waals surface area contributed by atoms with Crippen molar-refractivity contribution in [1.82, 2.24) is 4.90 Å². The van der Waals surface area contributed by atoms with Crippen LogP contribution in [-0.4, -0.2) is 62.8 Å². The van der Waals surface area contributed by atoms with Crippen molar-refractivity contribution in [3.63, 3.8) is 0 Å². The third-order valence-corrected chi connectivity index (χ3v) is 6.21. The van der Waals surface area contributed by atoms with Gasteiger partial charge >= 0.3 is 0 Å². The molecule has 30 heavy (non-hydrogen) atoms. The van der Waals surface area contributed by atoms with Crippen LogP contribution in [0.4, 0.5) is 0 Å². The summed E-state index contributed by atoms with van der Waals surface area (Å²) in [4.78, 5) is 2.21. The summed E-state index contributed by atoms with van der Waals surface area (Å²) < 4.78 is 16.5. The summed E-state index contributed by atoms with van der Waals surface area (Å²) in [6.07, 6.45) is 5.13. The predicted octanol–water partition coefficient (Wildman–Crippen LogP) is 3.45. The fraction of sp³-hybridized carbons (Fsp3) is 0.750. The summed E-state index contributed by atoms with van der Waals surface area (Å²) in [5.74, 6) is 2.53. The number of nitrogens with two attached hydrogens (primary N) is 1. The Kier molecular flexibility index (Phi) is 10.9. The number of hydrogen-bond acceptors (Lipinski definition) is 6. The molecule has 0 amide bonds. The minimum atomic E-state index is -0.472. The number of likely N-dealkylation sites (tertiary alicyclic amines) is 1. The normalized spacial score (nSPS) is 17.8. The minimum absolute atomic E-state index is 0.242. The second-order valence-electron chi connectivity index (χ2n) is 8.77. The van der Waals surface area contributed by atoms with Gasteiger partial charge in [0.05, 0.1) is 26.0 Å². The van der Waals surface area contributed by atoms with E-state index in [-0.39, 0.29) is 6.17 Å². The summed E-state index contributed by atoms with van der Waals surface area (Å²) >= 11 is 0. The zero-order valence-corrected chi connectivity index (χ0v) is 19.3. The van der Waals surface area contributed by atoms with Crippen LogP contribution in [0.25, 0.3) is 0 Å². The Labute approximate surface area is 182 Å². The van der Waals surface area contributed by atoms with Gasteiger partial charge in [-0.2, -0.15) is 0 Å². The van der Waals surface area contributed by atoms with Crippen LogP contribution >= 0.6 is 0 Å². The zero-order valence-electron chi connectivity index (χ0n) is 19.3. The monoisotopic (exact) mass is 422 g/mol. The van der Waals surface area contributed by atoms with E-state index in [0.717, 1.165) is 50.3 Å². The van der Waals surface area contributed by atoms with Crippen molar-refractivity contribution in [1.29, 1.82) is 0 Å². The number of aliphatic hydroxyl groups excluding tert-OH is 1. The van der Waals surface area contributed by atoms with Gasteiger partial charge < -0.3 is 25.1 Å². The van der Waals surface area contributed by atoms with Crippen LogP contribution in [0.3, 0.4) is 0 Å². The molecule has 6 nitrogen and oxygen atoms in total. The van der Waals surface area contributed by atoms with Crippen LogP contribution in [-0.2, 0) is 11.2 Å². The minimum Gasteiger partial charge on any atom is -0.493 e. The third-order valence-electron chi connectivity index (χ3n) is 6.21. The molecule has 0 aromatic heterocycles. The Bertz CT molecular complexity index is 605. The number of nitrogens with zero attached hydrogens (tertiary/aromatic N) is 1. The number of ether oxygens (including phenoxy) is 3. The maximum Gasteiger partial charge on any atom is 0.161 e. The van der Waals surface area contributed by atoms with Crippen molar-refractivity contribution in [2.24, 2.45) is 17.6 Å². The van der Waals surface area contributed by atoms with E-state index in [4.69, 9.17) is 19.9 Å². The van der Waals surface area contributed by atoms with E-state index in [1.807, 2.05) is 6.07 Å². The highest BCUT2D eigenvalue weighted by Crippen LogP contribution is 2.31. The molecule has 3 atom stereocenters. The largest absolute Gasteiger partial charge is 0.493 e. The highest BCUT2D eigenvalue weighted by Gasteiger charge is 2.26. The van der Waals surface area contributed by atoms with E-state index in [1.165, 1.54) is 18.4 Å². The van der Waals surface area contributed by atoms with Crippen molar-refractivity contribution in [2.75, 3.05) is 40.5 Å². The molecule has 2 rings (SSSR count). The van der Waals surface area contributed by atoms with E-state index in [0.29, 0.717) is 25.0 Å². The molecule has 1 fully saturated rings. The van der Waals surface area contributed by atoms with E-state index in [1.54, 1.807) is 14.2 Å². The molecule has 6 heteroatoms.